The maximum atomic E-state index is 2.21. The molecule has 3 heteroatoms. The number of halogens is 1. The van der Waals surface area contributed by atoms with Crippen molar-refractivity contribution in [2.45, 2.75) is 13.3 Å². The molecule has 0 saturated heterocycles. The molecule has 0 N–H and O–H groups in total. The van der Waals surface area contributed by atoms with Gasteiger partial charge in [0.2, 0.25) is 0 Å². The predicted octanol–water partition coefficient (Wildman–Crippen LogP) is -2.27. The zero-order chi connectivity index (χ0) is 5.91. The van der Waals surface area contributed by atoms with Gasteiger partial charge in [-0.2, -0.15) is 0 Å². The molecule has 0 heterocycles. The topological polar surface area (TPSA) is 0 Å². The molecule has 0 unspecified atom stereocenters. The summed E-state index contributed by atoms with van der Waals surface area (Å²) in [6, 6.07) is 0. The molecule has 0 aromatic rings. The summed E-state index contributed by atoms with van der Waals surface area (Å²) in [4.78, 5) is 0. The van der Waals surface area contributed by atoms with E-state index in [1.807, 2.05) is 0 Å². The quantitative estimate of drug-likeness (QED) is 0.316. The second-order valence-electron chi connectivity index (χ2n) is 3.01. The summed E-state index contributed by atoms with van der Waals surface area (Å²) < 4.78 is 1.09. The van der Waals surface area contributed by atoms with E-state index in [9.17, 15) is 0 Å². The molecule has 0 aromatic heterocycles. The van der Waals surface area contributed by atoms with Gasteiger partial charge in [-0.1, -0.05) is 6.92 Å². The Balaban J connectivity index is -0.000000180. The summed E-state index contributed by atoms with van der Waals surface area (Å²) in [5.74, 6) is 0. The molecule has 1 nitrogen and oxygen atoms in total. The van der Waals surface area contributed by atoms with Crippen molar-refractivity contribution in [1.29, 1.82) is 0 Å². The third-order valence-corrected chi connectivity index (χ3v) is 0.894. The van der Waals surface area contributed by atoms with Gasteiger partial charge in [-0.15, -0.1) is 0 Å². The van der Waals surface area contributed by atoms with Gasteiger partial charge in [0, 0.05) is 29.6 Å². The van der Waals surface area contributed by atoms with Gasteiger partial charge in [0.25, 0.3) is 0 Å². The predicted molar refractivity (Wildman–Crippen MR) is 38.9 cm³/mol. The van der Waals surface area contributed by atoms with Gasteiger partial charge in [0.15, 0.2) is 0 Å². The second kappa shape index (κ2) is 7.36. The van der Waals surface area contributed by atoms with Crippen LogP contribution in [0.5, 0.6) is 0 Å². The second-order valence-corrected chi connectivity index (χ2v) is 3.01. The van der Waals surface area contributed by atoms with Crippen LogP contribution in [-0.2, 0) is 0 Å². The molecule has 0 atom stereocenters. The summed E-state index contributed by atoms with van der Waals surface area (Å²) >= 11 is 0. The van der Waals surface area contributed by atoms with Gasteiger partial charge < -0.3 is 16.9 Å². The third kappa shape index (κ3) is 17.6. The van der Waals surface area contributed by atoms with Gasteiger partial charge >= 0.3 is 0 Å². The van der Waals surface area contributed by atoms with E-state index < -0.39 is 0 Å². The molecule has 0 spiro atoms. The smallest absolute Gasteiger partial charge is 0.0777 e. The molecule has 0 saturated carbocycles. The van der Waals surface area contributed by atoms with Crippen molar-refractivity contribution in [1.82, 2.24) is 0 Å². The van der Waals surface area contributed by atoms with Crippen LogP contribution in [0.2, 0.25) is 0 Å². The summed E-state index contributed by atoms with van der Waals surface area (Å²) in [5.41, 5.74) is 0. The van der Waals surface area contributed by atoms with Crippen LogP contribution in [0.15, 0.2) is 0 Å². The molecule has 0 aromatic carbocycles. The Hall–Kier alpha value is 1.25. The average Bonchev–Trinajstić information content (AvgIpc) is 1.30. The minimum absolute atomic E-state index is 0. The zero-order valence-corrected chi connectivity index (χ0v) is 10.00. The minimum atomic E-state index is 0. The van der Waals surface area contributed by atoms with E-state index in [-0.39, 0.29) is 42.0 Å². The maximum absolute atomic E-state index is 2.21. The molecule has 1 radical (unpaired) electrons. The Morgan fingerprint density at radius 3 is 1.44 bits per heavy atom. The van der Waals surface area contributed by atoms with Crippen LogP contribution in [0.3, 0.4) is 0 Å². The number of nitrogens with zero attached hydrogens (tertiary/aromatic N) is 1. The van der Waals surface area contributed by atoms with Crippen molar-refractivity contribution in [3.05, 3.63) is 0 Å². The van der Waals surface area contributed by atoms with E-state index in [1.54, 1.807) is 0 Å². The Morgan fingerprint density at radius 1 is 1.11 bits per heavy atom. The molecule has 0 rings (SSSR count). The van der Waals surface area contributed by atoms with Crippen LogP contribution < -0.4 is 12.4 Å². The first-order valence-electron chi connectivity index (χ1n) is 2.86. The van der Waals surface area contributed by atoms with E-state index in [2.05, 4.69) is 28.1 Å². The van der Waals surface area contributed by atoms with Gasteiger partial charge in [-0.3, -0.25) is 0 Å². The van der Waals surface area contributed by atoms with E-state index in [0.717, 1.165) is 4.48 Å². The third-order valence-electron chi connectivity index (χ3n) is 0.894. The van der Waals surface area contributed by atoms with Crippen molar-refractivity contribution in [3.63, 3.8) is 0 Å². The van der Waals surface area contributed by atoms with E-state index in [1.165, 1.54) is 13.0 Å². The van der Waals surface area contributed by atoms with Crippen molar-refractivity contribution < 1.29 is 16.9 Å². The molecular formula is C6H16ClNNa. The fraction of sp³-hybridized carbons (Fsp3) is 1.00. The normalized spacial score (nSPS) is 9.33. The van der Waals surface area contributed by atoms with Crippen LogP contribution in [0.25, 0.3) is 0 Å². The molecule has 0 fully saturated rings. The van der Waals surface area contributed by atoms with Crippen molar-refractivity contribution in [3.8, 4) is 0 Å². The summed E-state index contributed by atoms with van der Waals surface area (Å²) in [5, 5.41) is 0. The molecule has 0 aliphatic carbocycles. The Labute approximate surface area is 87.1 Å². The maximum Gasteiger partial charge on any atom is 0.0777 e. The summed E-state index contributed by atoms with van der Waals surface area (Å²) in [7, 11) is 6.64. The van der Waals surface area contributed by atoms with Crippen LogP contribution in [0.1, 0.15) is 13.3 Å². The number of rotatable bonds is 2. The summed E-state index contributed by atoms with van der Waals surface area (Å²) in [6.07, 6.45) is 1.28. The fourth-order valence-electron chi connectivity index (χ4n) is 0.671. The van der Waals surface area contributed by atoms with Crippen LogP contribution >= 0.6 is 0 Å². The van der Waals surface area contributed by atoms with Crippen molar-refractivity contribution >= 4 is 29.6 Å². The first-order chi connectivity index (χ1) is 3.06. The number of hydrogen-bond acceptors (Lipinski definition) is 0. The molecule has 0 amide bonds. The standard InChI is InChI=1S/C6H16N.ClH.Na/c1-5-6-7(2,3)4;;/h5-6H2,1-4H3;1H;/q+1;;/p-1. The van der Waals surface area contributed by atoms with Crippen molar-refractivity contribution in [2.75, 3.05) is 27.7 Å². The first-order valence-corrected chi connectivity index (χ1v) is 2.86. The van der Waals surface area contributed by atoms with Crippen LogP contribution in [0.4, 0.5) is 0 Å². The van der Waals surface area contributed by atoms with Gasteiger partial charge in [0.1, 0.15) is 0 Å². The molecule has 0 bridgehead atoms. The van der Waals surface area contributed by atoms with Crippen molar-refractivity contribution in [2.24, 2.45) is 0 Å². The van der Waals surface area contributed by atoms with E-state index >= 15 is 0 Å². The van der Waals surface area contributed by atoms with Crippen LogP contribution in [0, 0.1) is 0 Å². The van der Waals surface area contributed by atoms with Crippen LogP contribution in [-0.4, -0.2) is 61.7 Å². The number of quaternary nitrogens is 1. The van der Waals surface area contributed by atoms with E-state index in [4.69, 9.17) is 0 Å². The van der Waals surface area contributed by atoms with E-state index in [0.29, 0.717) is 0 Å². The number of hydrogen-bond donors (Lipinski definition) is 0. The molecule has 53 valence electrons. The van der Waals surface area contributed by atoms with Gasteiger partial charge in [0.05, 0.1) is 27.7 Å². The van der Waals surface area contributed by atoms with Gasteiger partial charge in [-0.05, 0) is 6.42 Å². The van der Waals surface area contributed by atoms with Gasteiger partial charge in [-0.25, -0.2) is 0 Å². The Bertz CT molecular complexity index is 51.5. The SMILES string of the molecule is CCC[N+](C)(C)C.[Cl-].[Na]. The summed E-state index contributed by atoms with van der Waals surface area (Å²) in [6.45, 7) is 3.49. The first kappa shape index (κ1) is 16.7. The minimum Gasteiger partial charge on any atom is -1.00 e. The molecular weight excluding hydrogens is 145 g/mol. The molecule has 0 aliphatic heterocycles. The molecule has 0 aliphatic rings. The Kier molecular flexibility index (Phi) is 13.6. The fourth-order valence-corrected chi connectivity index (χ4v) is 0.671. The molecule has 9 heavy (non-hydrogen) atoms. The average molecular weight is 161 g/mol. The largest absolute Gasteiger partial charge is 1.00 e. The zero-order valence-electron chi connectivity index (χ0n) is 7.24. The Morgan fingerprint density at radius 2 is 1.44 bits per heavy atom. The monoisotopic (exact) mass is 160 g/mol.